The molecule has 0 aromatic heterocycles. The van der Waals surface area contributed by atoms with E-state index in [4.69, 9.17) is 19.2 Å². The Balaban J connectivity index is -0.00000000533. The molecule has 0 aliphatic rings. The van der Waals surface area contributed by atoms with E-state index in [1.165, 1.54) is 0 Å². The Morgan fingerprint density at radius 1 is 1.11 bits per heavy atom. The van der Waals surface area contributed by atoms with Crippen LogP contribution in [-0.4, -0.2) is 75.5 Å². The summed E-state index contributed by atoms with van der Waals surface area (Å²) in [5, 5.41) is 0. The maximum Gasteiger partial charge on any atom is 2.00 e. The molecule has 9 heavy (non-hydrogen) atoms. The minimum atomic E-state index is -4.64. The second kappa shape index (κ2) is 12.7. The molecule has 0 aromatic rings. The molecular formula is H5CaF2MgO4P. The molecule has 0 rings (SSSR count). The van der Waals surface area contributed by atoms with E-state index < -0.39 is 7.82 Å². The van der Waals surface area contributed by atoms with Crippen LogP contribution < -0.4 is 9.41 Å². The molecule has 0 aliphatic heterocycles. The smallest absolute Gasteiger partial charge is 1.00 e. The van der Waals surface area contributed by atoms with Crippen molar-refractivity contribution in [2.75, 3.05) is 0 Å². The van der Waals surface area contributed by atoms with Gasteiger partial charge in [0.05, 0.1) is 0 Å². The van der Waals surface area contributed by atoms with Crippen LogP contribution in [0.25, 0.3) is 0 Å². The van der Waals surface area contributed by atoms with Crippen LogP contribution in [0.4, 0.5) is 0 Å². The largest absolute Gasteiger partial charge is 2.00 e. The van der Waals surface area contributed by atoms with E-state index in [0.717, 1.165) is 0 Å². The van der Waals surface area contributed by atoms with E-state index in [0.29, 0.717) is 0 Å². The van der Waals surface area contributed by atoms with Crippen LogP contribution in [-0.2, 0) is 4.57 Å². The minimum absolute atomic E-state index is 0. The maximum absolute atomic E-state index is 8.88. The molecule has 52 valence electrons. The number of phosphoric acid groups is 1. The predicted octanol–water partition coefficient (Wildman–Crippen LogP) is -7.46. The zero-order chi connectivity index (χ0) is 4.50. The van der Waals surface area contributed by atoms with Crippen molar-refractivity contribution < 1.29 is 31.5 Å². The third kappa shape index (κ3) is 160. The fourth-order valence-corrected chi connectivity index (χ4v) is 0. The predicted molar refractivity (Wildman–Crippen MR) is 28.0 cm³/mol. The molecule has 0 spiro atoms. The standard InChI is InChI=1S/Ca.2FH.Mg.H3O4P.2H/c;;;;1-5(2,3)4;;/h;2*1H;;(H3,1,2,3,4);;/q+2;;;+2;;2*-1/p-2. The molecule has 0 saturated heterocycles. The Labute approximate surface area is 99.1 Å². The average Bonchev–Trinajstić information content (AvgIpc) is 0.722. The third-order valence-corrected chi connectivity index (χ3v) is 0. The first-order chi connectivity index (χ1) is 2.00. The molecule has 9 heteroatoms. The Morgan fingerprint density at radius 3 is 1.11 bits per heavy atom. The van der Waals surface area contributed by atoms with E-state index in [-0.39, 0.29) is 73.1 Å². The molecule has 0 heterocycles. The molecule has 3 N–H and O–H groups in total. The quantitative estimate of drug-likeness (QED) is 0.269. The van der Waals surface area contributed by atoms with Crippen molar-refractivity contribution >= 4 is 68.6 Å². The molecule has 0 unspecified atom stereocenters. The third-order valence-electron chi connectivity index (χ3n) is 0. The average molecular weight is 202 g/mol. The summed E-state index contributed by atoms with van der Waals surface area (Å²) < 4.78 is 8.88. The first kappa shape index (κ1) is 30.6. The van der Waals surface area contributed by atoms with Gasteiger partial charge in [0.1, 0.15) is 0 Å². The van der Waals surface area contributed by atoms with E-state index in [9.17, 15) is 0 Å². The maximum atomic E-state index is 8.88. The monoisotopic (exact) mass is 202 g/mol. The summed E-state index contributed by atoms with van der Waals surface area (Å²) in [4.78, 5) is 21.6. The van der Waals surface area contributed by atoms with Crippen molar-refractivity contribution in [3.05, 3.63) is 0 Å². The van der Waals surface area contributed by atoms with Gasteiger partial charge in [0, 0.05) is 0 Å². The molecule has 0 saturated carbocycles. The second-order valence-electron chi connectivity index (χ2n) is 0.513. The molecular weight excluding hydrogens is 197 g/mol. The normalized spacial score (nSPS) is 6.56. The number of hydrogen-bond donors (Lipinski definition) is 3. The minimum Gasteiger partial charge on any atom is -1.00 e. The molecule has 0 aromatic carbocycles. The second-order valence-corrected chi connectivity index (χ2v) is 1.54. The topological polar surface area (TPSA) is 77.8 Å². The van der Waals surface area contributed by atoms with Crippen LogP contribution in [0.15, 0.2) is 0 Å². The van der Waals surface area contributed by atoms with Crippen molar-refractivity contribution in [1.29, 1.82) is 0 Å². The molecule has 0 atom stereocenters. The van der Waals surface area contributed by atoms with Crippen molar-refractivity contribution in [2.24, 2.45) is 0 Å². The van der Waals surface area contributed by atoms with Gasteiger partial charge in [-0.1, -0.05) is 0 Å². The van der Waals surface area contributed by atoms with Gasteiger partial charge in [-0.2, -0.15) is 0 Å². The fourth-order valence-electron chi connectivity index (χ4n) is 0. The van der Waals surface area contributed by atoms with E-state index in [2.05, 4.69) is 0 Å². The summed E-state index contributed by atoms with van der Waals surface area (Å²) in [5.74, 6) is 0. The van der Waals surface area contributed by atoms with Gasteiger partial charge in [-0.3, -0.25) is 0 Å². The van der Waals surface area contributed by atoms with Crippen molar-refractivity contribution in [1.82, 2.24) is 0 Å². The Kier molecular flexibility index (Phi) is 43.0. The van der Waals surface area contributed by atoms with Gasteiger partial charge in [0.25, 0.3) is 0 Å². The zero-order valence-electron chi connectivity index (χ0n) is 6.37. The van der Waals surface area contributed by atoms with Crippen LogP contribution in [0.5, 0.6) is 0 Å². The number of rotatable bonds is 0. The van der Waals surface area contributed by atoms with Crippen LogP contribution in [0.3, 0.4) is 0 Å². The van der Waals surface area contributed by atoms with Crippen LogP contribution in [0, 0.1) is 0 Å². The fraction of sp³-hybridized carbons (Fsp3) is 0. The summed E-state index contributed by atoms with van der Waals surface area (Å²) in [5.41, 5.74) is 0. The summed E-state index contributed by atoms with van der Waals surface area (Å²) >= 11 is 0. The van der Waals surface area contributed by atoms with Gasteiger partial charge >= 0.3 is 68.6 Å². The molecule has 0 aliphatic carbocycles. The number of hydrogen-bond acceptors (Lipinski definition) is 1. The first-order valence-corrected chi connectivity index (χ1v) is 2.35. The van der Waals surface area contributed by atoms with E-state index in [1.54, 1.807) is 0 Å². The zero-order valence-corrected chi connectivity index (χ0v) is 8.88. The van der Waals surface area contributed by atoms with Gasteiger partial charge in [-0.25, -0.2) is 4.57 Å². The number of halogens is 2. The summed E-state index contributed by atoms with van der Waals surface area (Å²) in [7, 11) is -4.64. The molecule has 0 fully saturated rings. The van der Waals surface area contributed by atoms with Gasteiger partial charge in [0.2, 0.25) is 0 Å². The molecule has 4 nitrogen and oxygen atoms in total. The van der Waals surface area contributed by atoms with E-state index >= 15 is 0 Å². The Morgan fingerprint density at radius 2 is 1.11 bits per heavy atom. The van der Waals surface area contributed by atoms with Crippen LogP contribution >= 0.6 is 7.82 Å². The summed E-state index contributed by atoms with van der Waals surface area (Å²) in [6.07, 6.45) is 0. The summed E-state index contributed by atoms with van der Waals surface area (Å²) in [6, 6.07) is 0. The van der Waals surface area contributed by atoms with Crippen molar-refractivity contribution in [3.8, 4) is 0 Å². The Hall–Kier alpha value is 2.00. The summed E-state index contributed by atoms with van der Waals surface area (Å²) in [6.45, 7) is 0. The molecule has 0 radical (unpaired) electrons. The molecule has 0 amide bonds. The van der Waals surface area contributed by atoms with Crippen molar-refractivity contribution in [3.63, 3.8) is 0 Å². The van der Waals surface area contributed by atoms with E-state index in [1.807, 2.05) is 0 Å². The van der Waals surface area contributed by atoms with Gasteiger partial charge < -0.3 is 26.9 Å². The van der Waals surface area contributed by atoms with Crippen LogP contribution in [0.1, 0.15) is 2.85 Å². The van der Waals surface area contributed by atoms with Crippen molar-refractivity contribution in [2.45, 2.75) is 0 Å². The molecule has 0 bridgehead atoms. The van der Waals surface area contributed by atoms with Gasteiger partial charge in [-0.15, -0.1) is 0 Å². The van der Waals surface area contributed by atoms with Gasteiger partial charge in [0.15, 0.2) is 0 Å². The SMILES string of the molecule is O=P(O)(O)O.[Ca+2].[F-].[F-].[H-].[H-].[Mg+2]. The first-order valence-electron chi connectivity index (χ1n) is 0.783. The van der Waals surface area contributed by atoms with Crippen LogP contribution in [0.2, 0.25) is 0 Å². The Bertz CT molecular complexity index is 72.2. The van der Waals surface area contributed by atoms with Gasteiger partial charge in [-0.05, 0) is 0 Å².